The monoisotopic (exact) mass is 196 g/mol. The van der Waals surface area contributed by atoms with E-state index in [1.54, 1.807) is 0 Å². The summed E-state index contributed by atoms with van der Waals surface area (Å²) in [6, 6.07) is 15.1. The fourth-order valence-electron chi connectivity index (χ4n) is 2.06. The third kappa shape index (κ3) is 1.80. The average molecular weight is 196 g/mol. The van der Waals surface area contributed by atoms with Gasteiger partial charge in [-0.3, -0.25) is 0 Å². The van der Waals surface area contributed by atoms with E-state index < -0.39 is 0 Å². The SMILES string of the molecule is CC=C(CC)c1cccc2ccccc12. The molecular formula is C15H16. The van der Waals surface area contributed by atoms with E-state index in [0.717, 1.165) is 6.42 Å². The summed E-state index contributed by atoms with van der Waals surface area (Å²) < 4.78 is 0. The van der Waals surface area contributed by atoms with E-state index in [-0.39, 0.29) is 0 Å². The van der Waals surface area contributed by atoms with E-state index in [9.17, 15) is 0 Å². The van der Waals surface area contributed by atoms with Gasteiger partial charge in [-0.15, -0.1) is 0 Å². The lowest BCUT2D eigenvalue weighted by Crippen LogP contribution is -1.84. The van der Waals surface area contributed by atoms with Gasteiger partial charge < -0.3 is 0 Å². The molecular weight excluding hydrogens is 180 g/mol. The summed E-state index contributed by atoms with van der Waals surface area (Å²) in [5, 5.41) is 2.68. The standard InChI is InChI=1S/C15H16/c1-3-12(4-2)14-11-7-9-13-8-5-6-10-15(13)14/h3,5-11H,4H2,1-2H3. The molecule has 0 N–H and O–H groups in total. The maximum atomic E-state index is 2.21. The second kappa shape index (κ2) is 4.31. The van der Waals surface area contributed by atoms with Crippen molar-refractivity contribution < 1.29 is 0 Å². The highest BCUT2D eigenvalue weighted by molar-refractivity contribution is 5.93. The molecule has 0 spiro atoms. The second-order valence-electron chi connectivity index (χ2n) is 3.69. The Hall–Kier alpha value is -1.56. The molecule has 0 radical (unpaired) electrons. The highest BCUT2D eigenvalue weighted by Gasteiger charge is 2.02. The molecule has 0 bridgehead atoms. The van der Waals surface area contributed by atoms with Gasteiger partial charge in [-0.05, 0) is 35.3 Å². The molecule has 0 saturated carbocycles. The molecule has 0 unspecified atom stereocenters. The normalized spacial score (nSPS) is 12.0. The van der Waals surface area contributed by atoms with E-state index in [2.05, 4.69) is 62.4 Å². The summed E-state index contributed by atoms with van der Waals surface area (Å²) in [5.41, 5.74) is 2.80. The van der Waals surface area contributed by atoms with Gasteiger partial charge in [-0.2, -0.15) is 0 Å². The van der Waals surface area contributed by atoms with Crippen molar-refractivity contribution in [1.82, 2.24) is 0 Å². The topological polar surface area (TPSA) is 0 Å². The van der Waals surface area contributed by atoms with Crippen LogP contribution in [0.2, 0.25) is 0 Å². The van der Waals surface area contributed by atoms with Gasteiger partial charge in [-0.25, -0.2) is 0 Å². The van der Waals surface area contributed by atoms with Crippen LogP contribution < -0.4 is 0 Å². The van der Waals surface area contributed by atoms with Crippen molar-refractivity contribution >= 4 is 16.3 Å². The van der Waals surface area contributed by atoms with Gasteiger partial charge in [0, 0.05) is 0 Å². The van der Waals surface area contributed by atoms with Gasteiger partial charge in [-0.1, -0.05) is 55.5 Å². The molecule has 0 amide bonds. The van der Waals surface area contributed by atoms with Crippen LogP contribution in [0.25, 0.3) is 16.3 Å². The Bertz CT molecular complexity index is 487. The predicted octanol–water partition coefficient (Wildman–Crippen LogP) is 4.65. The first-order chi connectivity index (χ1) is 7.36. The minimum absolute atomic E-state index is 1.09. The molecule has 0 saturated heterocycles. The zero-order chi connectivity index (χ0) is 10.7. The number of benzene rings is 2. The van der Waals surface area contributed by atoms with Crippen LogP contribution in [0.3, 0.4) is 0 Å². The van der Waals surface area contributed by atoms with Crippen molar-refractivity contribution in [2.75, 3.05) is 0 Å². The van der Waals surface area contributed by atoms with Crippen LogP contribution in [-0.2, 0) is 0 Å². The number of fused-ring (bicyclic) bond motifs is 1. The molecule has 0 aliphatic carbocycles. The molecule has 2 aromatic carbocycles. The van der Waals surface area contributed by atoms with Crippen LogP contribution in [-0.4, -0.2) is 0 Å². The van der Waals surface area contributed by atoms with Gasteiger partial charge in [0.1, 0.15) is 0 Å². The molecule has 0 aliphatic heterocycles. The average Bonchev–Trinajstić information content (AvgIpc) is 2.31. The van der Waals surface area contributed by atoms with Gasteiger partial charge in [0.15, 0.2) is 0 Å². The number of hydrogen-bond acceptors (Lipinski definition) is 0. The summed E-state index contributed by atoms with van der Waals surface area (Å²) in [4.78, 5) is 0. The van der Waals surface area contributed by atoms with Crippen molar-refractivity contribution in [1.29, 1.82) is 0 Å². The minimum atomic E-state index is 1.09. The number of allylic oxidation sites excluding steroid dienone is 2. The van der Waals surface area contributed by atoms with Gasteiger partial charge in [0.2, 0.25) is 0 Å². The fraction of sp³-hybridized carbons (Fsp3) is 0.200. The molecule has 0 aliphatic rings. The maximum absolute atomic E-state index is 2.21. The maximum Gasteiger partial charge on any atom is -0.0109 e. The second-order valence-corrected chi connectivity index (χ2v) is 3.69. The van der Waals surface area contributed by atoms with E-state index in [1.165, 1.54) is 21.9 Å². The molecule has 0 nitrogen and oxygen atoms in total. The summed E-state index contributed by atoms with van der Waals surface area (Å²) >= 11 is 0. The summed E-state index contributed by atoms with van der Waals surface area (Å²) in [6.45, 7) is 4.32. The van der Waals surface area contributed by atoms with Crippen LogP contribution >= 0.6 is 0 Å². The largest absolute Gasteiger partial charge is 0.0838 e. The lowest BCUT2D eigenvalue weighted by atomic mass is 9.97. The fourth-order valence-corrected chi connectivity index (χ4v) is 2.06. The van der Waals surface area contributed by atoms with Crippen molar-refractivity contribution in [3.05, 3.63) is 54.1 Å². The Morgan fingerprint density at radius 1 is 1.07 bits per heavy atom. The molecule has 0 aromatic heterocycles. The Balaban J connectivity index is 2.71. The minimum Gasteiger partial charge on any atom is -0.0838 e. The van der Waals surface area contributed by atoms with Gasteiger partial charge in [0.05, 0.1) is 0 Å². The lowest BCUT2D eigenvalue weighted by Gasteiger charge is -2.08. The van der Waals surface area contributed by atoms with E-state index in [0.29, 0.717) is 0 Å². The van der Waals surface area contributed by atoms with E-state index in [4.69, 9.17) is 0 Å². The Kier molecular flexibility index (Phi) is 2.86. The van der Waals surface area contributed by atoms with E-state index >= 15 is 0 Å². The van der Waals surface area contributed by atoms with Crippen molar-refractivity contribution in [3.8, 4) is 0 Å². The molecule has 15 heavy (non-hydrogen) atoms. The smallest absolute Gasteiger partial charge is 0.0109 e. The van der Waals surface area contributed by atoms with Crippen molar-refractivity contribution in [3.63, 3.8) is 0 Å². The molecule has 0 fully saturated rings. The van der Waals surface area contributed by atoms with Crippen LogP contribution in [0, 0.1) is 0 Å². The summed E-state index contributed by atoms with van der Waals surface area (Å²) in [6.07, 6.45) is 3.30. The number of rotatable bonds is 2. The third-order valence-corrected chi connectivity index (χ3v) is 2.86. The van der Waals surface area contributed by atoms with E-state index in [1.807, 2.05) is 0 Å². The van der Waals surface area contributed by atoms with Crippen molar-refractivity contribution in [2.24, 2.45) is 0 Å². The van der Waals surface area contributed by atoms with Crippen LogP contribution in [0.15, 0.2) is 48.5 Å². The first-order valence-electron chi connectivity index (χ1n) is 5.50. The first-order valence-corrected chi connectivity index (χ1v) is 5.50. The molecule has 2 rings (SSSR count). The van der Waals surface area contributed by atoms with Gasteiger partial charge in [0.25, 0.3) is 0 Å². The Morgan fingerprint density at radius 2 is 1.80 bits per heavy atom. The first kappa shape index (κ1) is 9.97. The molecule has 0 heteroatoms. The molecule has 0 heterocycles. The van der Waals surface area contributed by atoms with Gasteiger partial charge >= 0.3 is 0 Å². The number of hydrogen-bond donors (Lipinski definition) is 0. The molecule has 76 valence electrons. The summed E-state index contributed by atoms with van der Waals surface area (Å²) in [7, 11) is 0. The quantitative estimate of drug-likeness (QED) is 0.655. The third-order valence-electron chi connectivity index (χ3n) is 2.86. The van der Waals surface area contributed by atoms with Crippen molar-refractivity contribution in [2.45, 2.75) is 20.3 Å². The van der Waals surface area contributed by atoms with Crippen LogP contribution in [0.5, 0.6) is 0 Å². The highest BCUT2D eigenvalue weighted by Crippen LogP contribution is 2.26. The summed E-state index contributed by atoms with van der Waals surface area (Å²) in [5.74, 6) is 0. The lowest BCUT2D eigenvalue weighted by molar-refractivity contribution is 1.24. The van der Waals surface area contributed by atoms with Crippen LogP contribution in [0.1, 0.15) is 25.8 Å². The molecule has 2 aromatic rings. The Labute approximate surface area is 91.2 Å². The van der Waals surface area contributed by atoms with Crippen LogP contribution in [0.4, 0.5) is 0 Å². The predicted molar refractivity (Wildman–Crippen MR) is 67.9 cm³/mol. The molecule has 0 atom stereocenters. The zero-order valence-corrected chi connectivity index (χ0v) is 9.33. The Morgan fingerprint density at radius 3 is 2.53 bits per heavy atom. The zero-order valence-electron chi connectivity index (χ0n) is 9.33. The highest BCUT2D eigenvalue weighted by atomic mass is 14.1.